The van der Waals surface area contributed by atoms with E-state index in [1.807, 2.05) is 25.1 Å². The van der Waals surface area contributed by atoms with E-state index in [-0.39, 0.29) is 42.3 Å². The summed E-state index contributed by atoms with van der Waals surface area (Å²) in [4.78, 5) is 39.4. The average molecular weight is 411 g/mol. The maximum Gasteiger partial charge on any atom is 0.306 e. The molecular formula is C24H30N2O4. The molecule has 1 atom stereocenters. The summed E-state index contributed by atoms with van der Waals surface area (Å²) in [6, 6.07) is 6.95. The molecule has 6 nitrogen and oxygen atoms in total. The number of anilines is 2. The second-order valence-electron chi connectivity index (χ2n) is 10.1. The molecule has 0 spiro atoms. The van der Waals surface area contributed by atoms with Gasteiger partial charge >= 0.3 is 5.97 Å². The number of carbonyl (C=O) groups excluding carboxylic acids is 3. The van der Waals surface area contributed by atoms with Crippen molar-refractivity contribution in [2.24, 2.45) is 23.2 Å². The second-order valence-corrected chi connectivity index (χ2v) is 10.1. The minimum Gasteiger partial charge on any atom is -0.456 e. The fourth-order valence-corrected chi connectivity index (χ4v) is 7.04. The number of carbonyl (C=O) groups is 3. The summed E-state index contributed by atoms with van der Waals surface area (Å²) >= 11 is 0. The number of nitrogens with zero attached hydrogens (tertiary/aromatic N) is 1. The lowest BCUT2D eigenvalue weighted by Crippen LogP contribution is -2.47. The van der Waals surface area contributed by atoms with Gasteiger partial charge in [-0.3, -0.25) is 14.4 Å². The Bertz CT molecular complexity index is 844. The zero-order chi connectivity index (χ0) is 20.9. The van der Waals surface area contributed by atoms with Crippen LogP contribution in [0.1, 0.15) is 58.3 Å². The molecule has 4 bridgehead atoms. The van der Waals surface area contributed by atoms with E-state index in [1.165, 1.54) is 19.3 Å². The van der Waals surface area contributed by atoms with E-state index in [0.717, 1.165) is 37.0 Å². The quantitative estimate of drug-likeness (QED) is 0.764. The van der Waals surface area contributed by atoms with Gasteiger partial charge in [0.2, 0.25) is 5.91 Å². The number of hydrogen-bond acceptors (Lipinski definition) is 4. The summed E-state index contributed by atoms with van der Waals surface area (Å²) in [6.45, 7) is 1.56. The van der Waals surface area contributed by atoms with Gasteiger partial charge in [0.25, 0.3) is 5.91 Å². The van der Waals surface area contributed by atoms with E-state index in [4.69, 9.17) is 4.74 Å². The summed E-state index contributed by atoms with van der Waals surface area (Å²) < 4.78 is 5.49. The van der Waals surface area contributed by atoms with Crippen molar-refractivity contribution >= 4 is 29.2 Å². The van der Waals surface area contributed by atoms with Gasteiger partial charge in [0, 0.05) is 12.5 Å². The molecule has 0 radical (unpaired) electrons. The molecule has 1 heterocycles. The molecule has 6 heteroatoms. The molecule has 160 valence electrons. The van der Waals surface area contributed by atoms with Crippen LogP contribution in [0, 0.1) is 23.2 Å². The van der Waals surface area contributed by atoms with Crippen molar-refractivity contribution in [3.8, 4) is 0 Å². The Morgan fingerprint density at radius 1 is 1.10 bits per heavy atom. The number of fused-ring (bicyclic) bond motifs is 1. The van der Waals surface area contributed by atoms with Crippen LogP contribution >= 0.6 is 0 Å². The zero-order valence-corrected chi connectivity index (χ0v) is 17.6. The monoisotopic (exact) mass is 410 g/mol. The lowest BCUT2D eigenvalue weighted by molar-refractivity contribution is -0.155. The molecule has 1 aromatic carbocycles. The third-order valence-electron chi connectivity index (χ3n) is 7.67. The molecule has 4 aliphatic carbocycles. The smallest absolute Gasteiger partial charge is 0.306 e. The predicted octanol–water partition coefficient (Wildman–Crippen LogP) is 3.90. The molecule has 4 fully saturated rings. The van der Waals surface area contributed by atoms with Crippen LogP contribution in [0.3, 0.4) is 0 Å². The molecule has 1 N–H and O–H groups in total. The van der Waals surface area contributed by atoms with Crippen LogP contribution in [-0.2, 0) is 19.1 Å². The van der Waals surface area contributed by atoms with Gasteiger partial charge in [0.05, 0.1) is 17.8 Å². The summed E-state index contributed by atoms with van der Waals surface area (Å²) in [7, 11) is 0. The first kappa shape index (κ1) is 19.6. The number of nitrogens with one attached hydrogen (secondary N) is 1. The van der Waals surface area contributed by atoms with Gasteiger partial charge in [0.15, 0.2) is 6.61 Å². The number of rotatable bonds is 4. The van der Waals surface area contributed by atoms with Crippen LogP contribution in [-0.4, -0.2) is 30.4 Å². The van der Waals surface area contributed by atoms with E-state index >= 15 is 0 Å². The van der Waals surface area contributed by atoms with Gasteiger partial charge in [-0.05, 0) is 80.8 Å². The lowest BCUT2D eigenvalue weighted by atomic mass is 9.49. The van der Waals surface area contributed by atoms with Crippen LogP contribution in [0.2, 0.25) is 0 Å². The lowest BCUT2D eigenvalue weighted by Gasteiger charge is -2.56. The molecule has 30 heavy (non-hydrogen) atoms. The van der Waals surface area contributed by atoms with Gasteiger partial charge in [-0.25, -0.2) is 0 Å². The minimum absolute atomic E-state index is 0.105. The number of esters is 1. The van der Waals surface area contributed by atoms with Gasteiger partial charge in [-0.15, -0.1) is 0 Å². The summed E-state index contributed by atoms with van der Waals surface area (Å²) in [5.41, 5.74) is 1.37. The first-order chi connectivity index (χ1) is 14.4. The van der Waals surface area contributed by atoms with E-state index in [2.05, 4.69) is 5.32 Å². The molecular weight excluding hydrogens is 380 g/mol. The fraction of sp³-hybridized carbons (Fsp3) is 0.625. The van der Waals surface area contributed by atoms with Gasteiger partial charge in [0.1, 0.15) is 0 Å². The van der Waals surface area contributed by atoms with Gasteiger partial charge in [-0.1, -0.05) is 12.1 Å². The average Bonchev–Trinajstić information content (AvgIpc) is 2.79. The molecule has 0 saturated heterocycles. The SMILES string of the molecule is C[C@@H]1CC(=O)Nc2ccccc2N1C(=O)COC(=O)CC12CC3CC(CC(C3)C1)C2. The van der Waals surface area contributed by atoms with Crippen LogP contribution < -0.4 is 10.2 Å². The Kier molecular flexibility index (Phi) is 4.83. The topological polar surface area (TPSA) is 75.7 Å². The van der Waals surface area contributed by atoms with Crippen LogP contribution in [0.15, 0.2) is 24.3 Å². The molecule has 4 saturated carbocycles. The molecule has 0 aromatic heterocycles. The van der Waals surface area contributed by atoms with Crippen molar-refractivity contribution in [2.45, 2.75) is 64.3 Å². The van der Waals surface area contributed by atoms with Crippen molar-refractivity contribution in [1.29, 1.82) is 0 Å². The zero-order valence-electron chi connectivity index (χ0n) is 17.6. The van der Waals surface area contributed by atoms with E-state index in [9.17, 15) is 14.4 Å². The van der Waals surface area contributed by atoms with E-state index in [1.54, 1.807) is 11.0 Å². The molecule has 2 amide bonds. The maximum atomic E-state index is 13.0. The molecule has 6 rings (SSSR count). The Morgan fingerprint density at radius 3 is 2.40 bits per heavy atom. The van der Waals surface area contributed by atoms with Crippen molar-refractivity contribution in [3.05, 3.63) is 24.3 Å². The normalized spacial score (nSPS) is 34.2. The standard InChI is InChI=1S/C24H30N2O4/c1-15-6-21(27)25-19-4-2-3-5-20(19)26(15)22(28)14-30-23(29)13-24-10-16-7-17(11-24)9-18(8-16)12-24/h2-5,15-18H,6-14H2,1H3,(H,25,27)/t15-,16?,17?,18?,24?/m1/s1. The fourth-order valence-electron chi connectivity index (χ4n) is 7.04. The third kappa shape index (κ3) is 3.61. The highest BCUT2D eigenvalue weighted by Crippen LogP contribution is 2.61. The highest BCUT2D eigenvalue weighted by Gasteiger charge is 2.51. The Hall–Kier alpha value is -2.37. The molecule has 1 aromatic rings. The van der Waals surface area contributed by atoms with Crippen molar-refractivity contribution < 1.29 is 19.1 Å². The van der Waals surface area contributed by atoms with Crippen molar-refractivity contribution in [1.82, 2.24) is 0 Å². The minimum atomic E-state index is -0.303. The van der Waals surface area contributed by atoms with Crippen LogP contribution in [0.4, 0.5) is 11.4 Å². The highest BCUT2D eigenvalue weighted by atomic mass is 16.5. The van der Waals surface area contributed by atoms with E-state index < -0.39 is 0 Å². The largest absolute Gasteiger partial charge is 0.456 e. The van der Waals surface area contributed by atoms with Crippen LogP contribution in [0.25, 0.3) is 0 Å². The third-order valence-corrected chi connectivity index (χ3v) is 7.67. The summed E-state index contributed by atoms with van der Waals surface area (Å²) in [5, 5.41) is 2.85. The number of benzene rings is 1. The van der Waals surface area contributed by atoms with Gasteiger partial charge < -0.3 is 15.0 Å². The van der Waals surface area contributed by atoms with Crippen LogP contribution in [0.5, 0.6) is 0 Å². The number of ether oxygens (including phenoxy) is 1. The highest BCUT2D eigenvalue weighted by molar-refractivity contribution is 6.05. The number of amides is 2. The Balaban J connectivity index is 1.24. The Labute approximate surface area is 177 Å². The maximum absolute atomic E-state index is 13.0. The second kappa shape index (κ2) is 7.40. The first-order valence-corrected chi connectivity index (χ1v) is 11.3. The predicted molar refractivity (Wildman–Crippen MR) is 113 cm³/mol. The first-order valence-electron chi connectivity index (χ1n) is 11.3. The molecule has 0 unspecified atom stereocenters. The summed E-state index contributed by atoms with van der Waals surface area (Å²) in [5.74, 6) is 1.69. The summed E-state index contributed by atoms with van der Waals surface area (Å²) in [6.07, 6.45) is 8.10. The molecule has 1 aliphatic heterocycles. The van der Waals surface area contributed by atoms with Crippen molar-refractivity contribution in [3.63, 3.8) is 0 Å². The van der Waals surface area contributed by atoms with Gasteiger partial charge in [-0.2, -0.15) is 0 Å². The van der Waals surface area contributed by atoms with E-state index in [0.29, 0.717) is 17.8 Å². The number of hydrogen-bond donors (Lipinski definition) is 1. The molecule has 5 aliphatic rings. The number of para-hydroxylation sites is 2. The Morgan fingerprint density at radius 2 is 1.73 bits per heavy atom. The van der Waals surface area contributed by atoms with Crippen molar-refractivity contribution in [2.75, 3.05) is 16.8 Å².